The van der Waals surface area contributed by atoms with E-state index in [0.717, 1.165) is 0 Å². The smallest absolute Gasteiger partial charge is 0.335 e. The molecule has 0 fully saturated rings. The summed E-state index contributed by atoms with van der Waals surface area (Å²) in [5.74, 6) is -1.02. The standard InChI is InChI=1S/C13H8N4O3S/c18-10-3-4-14-13(17-10)21-11-8-2-1-7(12(19)20)5-9(8)15-6-16-11/h1-6H,(H,19,20)(H,14,17,18). The van der Waals surface area contributed by atoms with Gasteiger partial charge in [0.1, 0.15) is 11.4 Å². The minimum atomic E-state index is -1.02. The van der Waals surface area contributed by atoms with E-state index in [2.05, 4.69) is 19.9 Å². The van der Waals surface area contributed by atoms with Crippen LogP contribution in [0.1, 0.15) is 10.4 Å². The lowest BCUT2D eigenvalue weighted by atomic mass is 10.1. The molecule has 0 saturated heterocycles. The van der Waals surface area contributed by atoms with Gasteiger partial charge in [0.15, 0.2) is 5.16 Å². The number of benzene rings is 1. The Labute approximate surface area is 122 Å². The van der Waals surface area contributed by atoms with E-state index >= 15 is 0 Å². The highest BCUT2D eigenvalue weighted by molar-refractivity contribution is 7.99. The topological polar surface area (TPSA) is 109 Å². The van der Waals surface area contributed by atoms with Crippen molar-refractivity contribution in [2.45, 2.75) is 10.2 Å². The fourth-order valence-electron chi connectivity index (χ4n) is 1.74. The van der Waals surface area contributed by atoms with Gasteiger partial charge in [0.05, 0.1) is 11.1 Å². The molecule has 1 aromatic carbocycles. The average Bonchev–Trinajstić information content (AvgIpc) is 2.47. The van der Waals surface area contributed by atoms with Crippen LogP contribution in [0.25, 0.3) is 10.9 Å². The zero-order valence-corrected chi connectivity index (χ0v) is 11.3. The monoisotopic (exact) mass is 300 g/mol. The zero-order chi connectivity index (χ0) is 14.8. The Hall–Kier alpha value is -2.74. The third kappa shape index (κ3) is 2.75. The summed E-state index contributed by atoms with van der Waals surface area (Å²) in [7, 11) is 0. The van der Waals surface area contributed by atoms with E-state index in [1.807, 2.05) is 0 Å². The first kappa shape index (κ1) is 13.3. The molecule has 7 nitrogen and oxygen atoms in total. The summed E-state index contributed by atoms with van der Waals surface area (Å²) < 4.78 is 0. The van der Waals surface area contributed by atoms with Gasteiger partial charge in [0, 0.05) is 17.6 Å². The molecule has 2 N–H and O–H groups in total. The van der Waals surface area contributed by atoms with Gasteiger partial charge in [-0.2, -0.15) is 0 Å². The molecule has 21 heavy (non-hydrogen) atoms. The number of nitrogens with one attached hydrogen (secondary N) is 1. The van der Waals surface area contributed by atoms with E-state index in [1.54, 1.807) is 6.07 Å². The van der Waals surface area contributed by atoms with Crippen molar-refractivity contribution in [1.82, 2.24) is 19.9 Å². The summed E-state index contributed by atoms with van der Waals surface area (Å²) in [6.45, 7) is 0. The molecule has 2 aromatic heterocycles. The van der Waals surface area contributed by atoms with Gasteiger partial charge in [-0.1, -0.05) is 0 Å². The van der Waals surface area contributed by atoms with Crippen molar-refractivity contribution in [3.8, 4) is 0 Å². The van der Waals surface area contributed by atoms with Crippen LogP contribution >= 0.6 is 11.8 Å². The minimum absolute atomic E-state index is 0.156. The zero-order valence-electron chi connectivity index (χ0n) is 10.5. The van der Waals surface area contributed by atoms with Crippen molar-refractivity contribution in [3.05, 3.63) is 52.7 Å². The summed E-state index contributed by atoms with van der Waals surface area (Å²) in [6, 6.07) is 5.92. The number of fused-ring (bicyclic) bond motifs is 1. The van der Waals surface area contributed by atoms with Crippen molar-refractivity contribution in [2.24, 2.45) is 0 Å². The first-order valence-corrected chi connectivity index (χ1v) is 6.66. The Morgan fingerprint density at radius 2 is 2.05 bits per heavy atom. The molecule has 0 bridgehead atoms. The van der Waals surface area contributed by atoms with E-state index in [4.69, 9.17) is 5.11 Å². The number of carbonyl (C=O) groups is 1. The van der Waals surface area contributed by atoms with Crippen LogP contribution in [0, 0.1) is 0 Å². The molecule has 0 amide bonds. The maximum absolute atomic E-state index is 11.3. The van der Waals surface area contributed by atoms with E-state index in [-0.39, 0.29) is 11.1 Å². The van der Waals surface area contributed by atoms with Crippen LogP contribution in [0.2, 0.25) is 0 Å². The molecule has 0 saturated carbocycles. The number of aromatic nitrogens is 4. The van der Waals surface area contributed by atoms with Gasteiger partial charge < -0.3 is 10.1 Å². The maximum Gasteiger partial charge on any atom is 0.335 e. The highest BCUT2D eigenvalue weighted by Gasteiger charge is 2.10. The molecule has 0 radical (unpaired) electrons. The quantitative estimate of drug-likeness (QED) is 0.558. The first-order chi connectivity index (χ1) is 10.1. The Kier molecular flexibility index (Phi) is 3.36. The van der Waals surface area contributed by atoms with Crippen LogP contribution in [0.4, 0.5) is 0 Å². The second kappa shape index (κ2) is 5.33. The van der Waals surface area contributed by atoms with Gasteiger partial charge in [0.2, 0.25) is 0 Å². The molecule has 0 aliphatic carbocycles. The highest BCUT2D eigenvalue weighted by Crippen LogP contribution is 2.28. The molecule has 0 spiro atoms. The molecule has 104 valence electrons. The lowest BCUT2D eigenvalue weighted by molar-refractivity contribution is 0.0697. The lowest BCUT2D eigenvalue weighted by Gasteiger charge is -2.04. The van der Waals surface area contributed by atoms with Crippen molar-refractivity contribution in [3.63, 3.8) is 0 Å². The van der Waals surface area contributed by atoms with E-state index in [0.29, 0.717) is 21.1 Å². The number of hydrogen-bond donors (Lipinski definition) is 2. The molecule has 8 heteroatoms. The van der Waals surface area contributed by atoms with Gasteiger partial charge in [-0.15, -0.1) is 0 Å². The van der Waals surface area contributed by atoms with Gasteiger partial charge >= 0.3 is 5.97 Å². The van der Waals surface area contributed by atoms with Gasteiger partial charge in [0.25, 0.3) is 5.56 Å². The summed E-state index contributed by atoms with van der Waals surface area (Å²) in [6.07, 6.45) is 2.75. The SMILES string of the molecule is O=C(O)c1ccc2c(Sc3nccc(=O)[nH]3)ncnc2c1. The van der Waals surface area contributed by atoms with Crippen molar-refractivity contribution in [1.29, 1.82) is 0 Å². The first-order valence-electron chi connectivity index (χ1n) is 5.85. The number of hydrogen-bond acceptors (Lipinski definition) is 6. The summed E-state index contributed by atoms with van der Waals surface area (Å²) >= 11 is 1.18. The largest absolute Gasteiger partial charge is 0.478 e. The molecule has 3 rings (SSSR count). The summed E-state index contributed by atoms with van der Waals surface area (Å²) in [4.78, 5) is 37.1. The number of carboxylic acid groups (broad SMARTS) is 1. The number of aromatic amines is 1. The second-order valence-electron chi connectivity index (χ2n) is 4.06. The van der Waals surface area contributed by atoms with Crippen LogP contribution in [0.3, 0.4) is 0 Å². The lowest BCUT2D eigenvalue weighted by Crippen LogP contribution is -2.05. The number of carboxylic acids is 1. The van der Waals surface area contributed by atoms with E-state index in [9.17, 15) is 9.59 Å². The van der Waals surface area contributed by atoms with Crippen LogP contribution < -0.4 is 5.56 Å². The average molecular weight is 300 g/mol. The van der Waals surface area contributed by atoms with Crippen molar-refractivity contribution >= 4 is 28.6 Å². The number of rotatable bonds is 3. The highest BCUT2D eigenvalue weighted by atomic mass is 32.2. The fourth-order valence-corrected chi connectivity index (χ4v) is 2.57. The Morgan fingerprint density at radius 1 is 1.19 bits per heavy atom. The fraction of sp³-hybridized carbons (Fsp3) is 0. The van der Waals surface area contributed by atoms with Gasteiger partial charge in [-0.25, -0.2) is 19.7 Å². The Balaban J connectivity index is 2.07. The number of aromatic carboxylic acids is 1. The number of nitrogens with zero attached hydrogens (tertiary/aromatic N) is 3. The van der Waals surface area contributed by atoms with Crippen molar-refractivity contribution in [2.75, 3.05) is 0 Å². The normalized spacial score (nSPS) is 10.7. The van der Waals surface area contributed by atoms with E-state index in [1.165, 1.54) is 42.5 Å². The third-order valence-corrected chi connectivity index (χ3v) is 3.61. The molecule has 3 aromatic rings. The summed E-state index contributed by atoms with van der Waals surface area (Å²) in [5, 5.41) is 10.7. The van der Waals surface area contributed by atoms with Crippen LogP contribution in [-0.2, 0) is 0 Å². The maximum atomic E-state index is 11.3. The summed E-state index contributed by atoms with van der Waals surface area (Å²) in [5.41, 5.74) is 0.424. The molecule has 0 aliphatic rings. The molecular formula is C13H8N4O3S. The van der Waals surface area contributed by atoms with Gasteiger partial charge in [-0.3, -0.25) is 4.79 Å². The van der Waals surface area contributed by atoms with Crippen LogP contribution in [0.15, 0.2) is 51.8 Å². The third-order valence-electron chi connectivity index (χ3n) is 2.69. The molecule has 2 heterocycles. The molecule has 0 aliphatic heterocycles. The van der Waals surface area contributed by atoms with E-state index < -0.39 is 5.97 Å². The van der Waals surface area contributed by atoms with Crippen molar-refractivity contribution < 1.29 is 9.90 Å². The predicted octanol–water partition coefficient (Wildman–Crippen LogP) is 1.56. The number of H-pyrrole nitrogens is 1. The minimum Gasteiger partial charge on any atom is -0.478 e. The predicted molar refractivity (Wildman–Crippen MR) is 75.5 cm³/mol. The molecule has 0 unspecified atom stereocenters. The Bertz CT molecular complexity index is 894. The second-order valence-corrected chi connectivity index (χ2v) is 5.03. The van der Waals surface area contributed by atoms with Gasteiger partial charge in [-0.05, 0) is 30.0 Å². The molecular weight excluding hydrogens is 292 g/mol. The Morgan fingerprint density at radius 3 is 2.81 bits per heavy atom. The van der Waals surface area contributed by atoms with Crippen LogP contribution in [-0.4, -0.2) is 31.0 Å². The molecule has 0 atom stereocenters. The van der Waals surface area contributed by atoms with Crippen LogP contribution in [0.5, 0.6) is 0 Å².